The van der Waals surface area contributed by atoms with Gasteiger partial charge in [0.25, 0.3) is 0 Å². The van der Waals surface area contributed by atoms with Crippen LogP contribution in [0.25, 0.3) is 16.8 Å². The molecular formula is C17H14O. The van der Waals surface area contributed by atoms with Crippen molar-refractivity contribution in [3.05, 3.63) is 78.3 Å². The van der Waals surface area contributed by atoms with Crippen molar-refractivity contribution in [1.82, 2.24) is 0 Å². The average molecular weight is 234 g/mol. The van der Waals surface area contributed by atoms with E-state index in [9.17, 15) is 0 Å². The molecule has 1 aliphatic rings. The second kappa shape index (κ2) is 4.92. The van der Waals surface area contributed by atoms with Crippen molar-refractivity contribution in [2.45, 2.75) is 6.42 Å². The van der Waals surface area contributed by atoms with Crippen LogP contribution in [-0.2, 0) is 6.42 Å². The molecule has 2 aromatic carbocycles. The molecule has 0 atom stereocenters. The molecule has 18 heavy (non-hydrogen) atoms. The molecule has 0 saturated heterocycles. The van der Waals surface area contributed by atoms with Crippen LogP contribution in [0.2, 0.25) is 0 Å². The molecule has 0 spiro atoms. The molecule has 1 heteroatoms. The molecule has 0 amide bonds. The predicted molar refractivity (Wildman–Crippen MR) is 75.4 cm³/mol. The van der Waals surface area contributed by atoms with Gasteiger partial charge in [-0.2, -0.15) is 0 Å². The first-order chi connectivity index (χ1) is 8.95. The van der Waals surface area contributed by atoms with Crippen molar-refractivity contribution in [2.75, 3.05) is 0 Å². The fourth-order valence-corrected chi connectivity index (χ4v) is 2.30. The first-order valence-electron chi connectivity index (χ1n) is 6.09. The molecule has 0 N–H and O–H groups in total. The largest absolute Gasteiger partial charge is 0.473 e. The van der Waals surface area contributed by atoms with Crippen LogP contribution in [0, 0.1) is 0 Å². The molecular weight excluding hydrogens is 220 g/mol. The molecule has 1 aliphatic carbocycles. The van der Waals surface area contributed by atoms with Crippen molar-refractivity contribution >= 4 is 16.8 Å². The van der Waals surface area contributed by atoms with Crippen LogP contribution in [0.15, 0.2) is 71.6 Å². The topological polar surface area (TPSA) is 13.1 Å². The van der Waals surface area contributed by atoms with Crippen LogP contribution in [0.1, 0.15) is 11.1 Å². The van der Waals surface area contributed by atoms with Crippen LogP contribution < -0.4 is 0 Å². The molecule has 3 aromatic rings. The Labute approximate surface area is 106 Å². The zero-order valence-corrected chi connectivity index (χ0v) is 10.0. The molecule has 0 saturated carbocycles. The zero-order valence-electron chi connectivity index (χ0n) is 10.0. The Morgan fingerprint density at radius 3 is 2.33 bits per heavy atom. The second-order valence-electron chi connectivity index (χ2n) is 4.26. The van der Waals surface area contributed by atoms with Crippen LogP contribution in [0.4, 0.5) is 0 Å². The summed E-state index contributed by atoms with van der Waals surface area (Å²) in [5.74, 6) is 0. The number of allylic oxidation sites excluding steroid dienone is 1. The first-order valence-corrected chi connectivity index (χ1v) is 6.09. The van der Waals surface area contributed by atoms with Crippen LogP contribution >= 0.6 is 0 Å². The Morgan fingerprint density at radius 2 is 1.61 bits per heavy atom. The number of benzene rings is 2. The van der Waals surface area contributed by atoms with Crippen molar-refractivity contribution in [2.24, 2.45) is 0 Å². The van der Waals surface area contributed by atoms with Gasteiger partial charge in [-0.1, -0.05) is 48.6 Å². The number of hydrogen-bond donors (Lipinski definition) is 0. The van der Waals surface area contributed by atoms with Crippen LogP contribution in [0.5, 0.6) is 0 Å². The summed E-state index contributed by atoms with van der Waals surface area (Å²) in [6, 6.07) is 16.7. The van der Waals surface area contributed by atoms with Crippen LogP contribution in [-0.4, -0.2) is 0 Å². The summed E-state index contributed by atoms with van der Waals surface area (Å²) in [7, 11) is 0. The summed E-state index contributed by atoms with van der Waals surface area (Å²) in [4.78, 5) is 0. The fourth-order valence-electron chi connectivity index (χ4n) is 2.30. The summed E-state index contributed by atoms with van der Waals surface area (Å²) < 4.78 is 4.58. The van der Waals surface area contributed by atoms with E-state index in [1.165, 1.54) is 21.9 Å². The lowest BCUT2D eigenvalue weighted by Gasteiger charge is -2.11. The molecule has 0 radical (unpaired) electrons. The molecule has 4 rings (SSSR count). The predicted octanol–water partition coefficient (Wildman–Crippen LogP) is 4.69. The fraction of sp³-hybridized carbons (Fsp3) is 0.0588. The highest BCUT2D eigenvalue weighted by molar-refractivity contribution is 5.94. The van der Waals surface area contributed by atoms with E-state index in [1.807, 2.05) is 12.1 Å². The van der Waals surface area contributed by atoms with Gasteiger partial charge in [0.05, 0.1) is 12.5 Å². The molecule has 1 nitrogen and oxygen atoms in total. The van der Waals surface area contributed by atoms with Gasteiger partial charge in [0.15, 0.2) is 0 Å². The van der Waals surface area contributed by atoms with E-state index < -0.39 is 0 Å². The van der Waals surface area contributed by atoms with Gasteiger partial charge in [-0.05, 0) is 40.5 Å². The second-order valence-corrected chi connectivity index (χ2v) is 4.26. The number of furan rings is 1. The Balaban J connectivity index is 0.000000169. The van der Waals surface area contributed by atoms with Gasteiger partial charge in [-0.3, -0.25) is 0 Å². The van der Waals surface area contributed by atoms with Gasteiger partial charge in [0, 0.05) is 0 Å². The number of hydrogen-bond acceptors (Lipinski definition) is 1. The molecule has 0 fully saturated rings. The Bertz CT molecular complexity index is 641. The molecule has 0 aliphatic heterocycles. The zero-order chi connectivity index (χ0) is 12.2. The Morgan fingerprint density at radius 1 is 0.833 bits per heavy atom. The molecule has 0 unspecified atom stereocenters. The summed E-state index contributed by atoms with van der Waals surface area (Å²) in [6.45, 7) is 0. The minimum atomic E-state index is 1.08. The Hall–Kier alpha value is -2.28. The van der Waals surface area contributed by atoms with Crippen LogP contribution in [0.3, 0.4) is 0 Å². The highest BCUT2D eigenvalue weighted by atomic mass is 16.3. The maximum atomic E-state index is 4.58. The summed E-state index contributed by atoms with van der Waals surface area (Å²) in [5.41, 5.74) is 2.81. The molecule has 88 valence electrons. The van der Waals surface area contributed by atoms with Gasteiger partial charge < -0.3 is 4.42 Å². The molecule has 1 heterocycles. The van der Waals surface area contributed by atoms with Crippen molar-refractivity contribution in [1.29, 1.82) is 0 Å². The van der Waals surface area contributed by atoms with Gasteiger partial charge in [-0.15, -0.1) is 0 Å². The summed E-state index contributed by atoms with van der Waals surface area (Å²) in [6.07, 6.45) is 8.78. The lowest BCUT2D eigenvalue weighted by molar-refractivity contribution is 0.567. The SMILES string of the molecule is C1=Cc2cccc3cccc(c23)C1.c1ccoc1. The lowest BCUT2D eigenvalue weighted by Crippen LogP contribution is -1.91. The quantitative estimate of drug-likeness (QED) is 0.550. The number of rotatable bonds is 0. The normalized spacial score (nSPS) is 12.0. The van der Waals surface area contributed by atoms with Gasteiger partial charge >= 0.3 is 0 Å². The van der Waals surface area contributed by atoms with E-state index in [4.69, 9.17) is 0 Å². The standard InChI is InChI=1S/C13H10.C4H4O/c1-4-10-6-2-8-12-9-3-7-11(5-1)13(10)12;1-2-4-5-3-1/h1-8H,9H2;1-4H. The smallest absolute Gasteiger partial charge is 0.0902 e. The maximum absolute atomic E-state index is 4.58. The van der Waals surface area contributed by atoms with E-state index in [-0.39, 0.29) is 0 Å². The monoisotopic (exact) mass is 234 g/mol. The first kappa shape index (κ1) is 10.8. The van der Waals surface area contributed by atoms with Gasteiger partial charge in [-0.25, -0.2) is 0 Å². The third kappa shape index (κ3) is 2.07. The minimum absolute atomic E-state index is 1.08. The highest BCUT2D eigenvalue weighted by Crippen LogP contribution is 2.27. The minimum Gasteiger partial charge on any atom is -0.473 e. The van der Waals surface area contributed by atoms with E-state index in [2.05, 4.69) is 53.0 Å². The molecule has 0 bridgehead atoms. The van der Waals surface area contributed by atoms with Crippen molar-refractivity contribution < 1.29 is 4.42 Å². The van der Waals surface area contributed by atoms with Crippen molar-refractivity contribution in [3.63, 3.8) is 0 Å². The van der Waals surface area contributed by atoms with E-state index in [0.717, 1.165) is 6.42 Å². The van der Waals surface area contributed by atoms with E-state index in [1.54, 1.807) is 12.5 Å². The summed E-state index contributed by atoms with van der Waals surface area (Å²) >= 11 is 0. The highest BCUT2D eigenvalue weighted by Gasteiger charge is 2.06. The third-order valence-corrected chi connectivity index (χ3v) is 3.08. The van der Waals surface area contributed by atoms with E-state index >= 15 is 0 Å². The van der Waals surface area contributed by atoms with Gasteiger partial charge in [0.2, 0.25) is 0 Å². The van der Waals surface area contributed by atoms with Gasteiger partial charge in [0.1, 0.15) is 0 Å². The third-order valence-electron chi connectivity index (χ3n) is 3.08. The maximum Gasteiger partial charge on any atom is 0.0902 e. The van der Waals surface area contributed by atoms with Crippen molar-refractivity contribution in [3.8, 4) is 0 Å². The summed E-state index contributed by atoms with van der Waals surface area (Å²) in [5, 5.41) is 2.80. The molecule has 1 aromatic heterocycles. The van der Waals surface area contributed by atoms with E-state index in [0.29, 0.717) is 0 Å². The lowest BCUT2D eigenvalue weighted by atomic mass is 9.93. The Kier molecular flexibility index (Phi) is 2.97. The average Bonchev–Trinajstić information content (AvgIpc) is 2.99.